The summed E-state index contributed by atoms with van der Waals surface area (Å²) in [6.45, 7) is 5.11. The van der Waals surface area contributed by atoms with Crippen molar-refractivity contribution < 1.29 is 4.39 Å². The number of halogens is 1. The quantitative estimate of drug-likeness (QED) is 0.891. The number of hydrogen-bond donors (Lipinski definition) is 1. The van der Waals surface area contributed by atoms with Gasteiger partial charge in [-0.2, -0.15) is 0 Å². The highest BCUT2D eigenvalue weighted by Crippen LogP contribution is 2.28. The summed E-state index contributed by atoms with van der Waals surface area (Å²) in [4.78, 5) is 5.20. The van der Waals surface area contributed by atoms with Crippen LogP contribution in [0.25, 0.3) is 0 Å². The van der Waals surface area contributed by atoms with Crippen LogP contribution in [0.3, 0.4) is 0 Å². The van der Waals surface area contributed by atoms with Gasteiger partial charge in [0, 0.05) is 11.1 Å². The van der Waals surface area contributed by atoms with E-state index in [-0.39, 0.29) is 11.9 Å². The van der Waals surface area contributed by atoms with Gasteiger partial charge in [-0.1, -0.05) is 6.92 Å². The van der Waals surface area contributed by atoms with E-state index in [1.807, 2.05) is 0 Å². The summed E-state index contributed by atoms with van der Waals surface area (Å²) >= 11 is 1.71. The minimum Gasteiger partial charge on any atom is -0.306 e. The lowest BCUT2D eigenvalue weighted by Crippen LogP contribution is -2.23. The highest BCUT2D eigenvalue weighted by atomic mass is 32.1. The Morgan fingerprint density at radius 2 is 2.28 bits per heavy atom. The SMILES string of the molecule is CCCNC(c1cncc(F)c1)c1ccsc1C. The maximum Gasteiger partial charge on any atom is 0.141 e. The highest BCUT2D eigenvalue weighted by molar-refractivity contribution is 7.10. The first-order chi connectivity index (χ1) is 8.72. The van der Waals surface area contributed by atoms with Gasteiger partial charge in [-0.25, -0.2) is 4.39 Å². The van der Waals surface area contributed by atoms with Crippen LogP contribution in [-0.2, 0) is 0 Å². The molecule has 1 atom stereocenters. The van der Waals surface area contributed by atoms with Gasteiger partial charge >= 0.3 is 0 Å². The molecule has 96 valence electrons. The van der Waals surface area contributed by atoms with Crippen molar-refractivity contribution >= 4 is 11.3 Å². The van der Waals surface area contributed by atoms with E-state index in [1.54, 1.807) is 23.6 Å². The first-order valence-corrected chi connectivity index (χ1v) is 6.98. The van der Waals surface area contributed by atoms with Gasteiger partial charge in [0.25, 0.3) is 0 Å². The van der Waals surface area contributed by atoms with Gasteiger partial charge in [-0.3, -0.25) is 4.98 Å². The normalized spacial score (nSPS) is 12.6. The lowest BCUT2D eigenvalue weighted by molar-refractivity contribution is 0.580. The molecule has 0 aliphatic rings. The maximum absolute atomic E-state index is 13.3. The fraction of sp³-hybridized carbons (Fsp3) is 0.357. The number of aromatic nitrogens is 1. The number of thiophene rings is 1. The molecule has 0 saturated heterocycles. The van der Waals surface area contributed by atoms with E-state index >= 15 is 0 Å². The average Bonchev–Trinajstić information content (AvgIpc) is 2.77. The molecule has 0 bridgehead atoms. The molecule has 0 fully saturated rings. The van der Waals surface area contributed by atoms with Gasteiger partial charge in [0.15, 0.2) is 0 Å². The topological polar surface area (TPSA) is 24.9 Å². The fourth-order valence-corrected chi connectivity index (χ4v) is 2.72. The Kier molecular flexibility index (Phi) is 4.44. The largest absolute Gasteiger partial charge is 0.306 e. The van der Waals surface area contributed by atoms with Crippen molar-refractivity contribution in [3.05, 3.63) is 51.7 Å². The summed E-state index contributed by atoms with van der Waals surface area (Å²) < 4.78 is 13.3. The molecule has 2 aromatic rings. The fourth-order valence-electron chi connectivity index (χ4n) is 1.98. The summed E-state index contributed by atoms with van der Waals surface area (Å²) in [6.07, 6.45) is 4.01. The van der Waals surface area contributed by atoms with Gasteiger partial charge in [0.2, 0.25) is 0 Å². The van der Waals surface area contributed by atoms with Crippen LogP contribution >= 0.6 is 11.3 Å². The van der Waals surface area contributed by atoms with Crippen molar-refractivity contribution in [2.24, 2.45) is 0 Å². The third-order valence-electron chi connectivity index (χ3n) is 2.87. The molecule has 2 heterocycles. The third-order valence-corrected chi connectivity index (χ3v) is 3.73. The van der Waals surface area contributed by atoms with Crippen molar-refractivity contribution in [2.75, 3.05) is 6.54 Å². The number of rotatable bonds is 5. The van der Waals surface area contributed by atoms with Crippen molar-refractivity contribution in [1.82, 2.24) is 10.3 Å². The predicted molar refractivity (Wildman–Crippen MR) is 73.4 cm³/mol. The summed E-state index contributed by atoms with van der Waals surface area (Å²) in [5.74, 6) is -0.288. The van der Waals surface area contributed by atoms with Gasteiger partial charge < -0.3 is 5.32 Å². The van der Waals surface area contributed by atoms with Crippen molar-refractivity contribution in [3.8, 4) is 0 Å². The summed E-state index contributed by atoms with van der Waals surface area (Å²) in [6, 6.07) is 3.68. The molecule has 0 aliphatic heterocycles. The monoisotopic (exact) mass is 264 g/mol. The summed E-state index contributed by atoms with van der Waals surface area (Å²) in [7, 11) is 0. The summed E-state index contributed by atoms with van der Waals surface area (Å²) in [5, 5.41) is 5.52. The van der Waals surface area contributed by atoms with Crippen LogP contribution < -0.4 is 5.32 Å². The van der Waals surface area contributed by atoms with Crippen LogP contribution in [0.5, 0.6) is 0 Å². The zero-order chi connectivity index (χ0) is 13.0. The van der Waals surface area contributed by atoms with E-state index in [2.05, 4.69) is 35.6 Å². The molecular formula is C14H17FN2S. The smallest absolute Gasteiger partial charge is 0.141 e. The van der Waals surface area contributed by atoms with E-state index in [9.17, 15) is 4.39 Å². The Morgan fingerprint density at radius 1 is 1.44 bits per heavy atom. The molecule has 0 spiro atoms. The van der Waals surface area contributed by atoms with Crippen molar-refractivity contribution in [2.45, 2.75) is 26.3 Å². The number of hydrogen-bond acceptors (Lipinski definition) is 3. The molecule has 1 N–H and O–H groups in total. The van der Waals surface area contributed by atoms with E-state index < -0.39 is 0 Å². The van der Waals surface area contributed by atoms with Crippen LogP contribution in [0.1, 0.15) is 35.4 Å². The minimum atomic E-state index is -0.288. The van der Waals surface area contributed by atoms with Crippen LogP contribution in [0, 0.1) is 12.7 Å². The van der Waals surface area contributed by atoms with E-state index in [0.29, 0.717) is 0 Å². The Labute approximate surface area is 111 Å². The summed E-state index contributed by atoms with van der Waals surface area (Å²) in [5.41, 5.74) is 2.09. The van der Waals surface area contributed by atoms with Crippen LogP contribution in [0.15, 0.2) is 29.9 Å². The zero-order valence-corrected chi connectivity index (χ0v) is 11.4. The molecule has 1 unspecified atom stereocenters. The number of nitrogens with zero attached hydrogens (tertiary/aromatic N) is 1. The molecule has 4 heteroatoms. The minimum absolute atomic E-state index is 0.0272. The molecule has 0 aromatic carbocycles. The number of aryl methyl sites for hydroxylation is 1. The molecule has 0 amide bonds. The van der Waals surface area contributed by atoms with E-state index in [1.165, 1.54) is 16.6 Å². The van der Waals surface area contributed by atoms with Crippen LogP contribution in [0.2, 0.25) is 0 Å². The van der Waals surface area contributed by atoms with Crippen molar-refractivity contribution in [1.29, 1.82) is 0 Å². The van der Waals surface area contributed by atoms with E-state index in [4.69, 9.17) is 0 Å². The lowest BCUT2D eigenvalue weighted by atomic mass is 10.0. The molecule has 2 nitrogen and oxygen atoms in total. The second-order valence-electron chi connectivity index (χ2n) is 4.26. The molecule has 2 aromatic heterocycles. The van der Waals surface area contributed by atoms with Gasteiger partial charge in [0.1, 0.15) is 5.82 Å². The van der Waals surface area contributed by atoms with Crippen LogP contribution in [-0.4, -0.2) is 11.5 Å². The van der Waals surface area contributed by atoms with Crippen LogP contribution in [0.4, 0.5) is 4.39 Å². The molecule has 2 rings (SSSR count). The first kappa shape index (κ1) is 13.2. The Morgan fingerprint density at radius 3 is 2.89 bits per heavy atom. The molecule has 18 heavy (non-hydrogen) atoms. The molecule has 0 radical (unpaired) electrons. The number of nitrogens with one attached hydrogen (secondary N) is 1. The number of pyridine rings is 1. The van der Waals surface area contributed by atoms with Gasteiger partial charge in [0.05, 0.1) is 12.2 Å². The Hall–Kier alpha value is -1.26. The van der Waals surface area contributed by atoms with Crippen molar-refractivity contribution in [3.63, 3.8) is 0 Å². The molecule has 0 saturated carbocycles. The van der Waals surface area contributed by atoms with Gasteiger partial charge in [-0.15, -0.1) is 11.3 Å². The second kappa shape index (κ2) is 6.07. The predicted octanol–water partition coefficient (Wildman–Crippen LogP) is 3.68. The molecule has 0 aliphatic carbocycles. The van der Waals surface area contributed by atoms with Gasteiger partial charge in [-0.05, 0) is 48.5 Å². The average molecular weight is 264 g/mol. The molecular weight excluding hydrogens is 247 g/mol. The Bertz CT molecular complexity index is 510. The first-order valence-electron chi connectivity index (χ1n) is 6.10. The standard InChI is InChI=1S/C14H17FN2S/c1-3-5-17-14(13-4-6-18-10(13)2)11-7-12(15)9-16-8-11/h4,6-9,14,17H,3,5H2,1-2H3. The van der Waals surface area contributed by atoms with E-state index in [0.717, 1.165) is 18.5 Å². The second-order valence-corrected chi connectivity index (χ2v) is 5.38. The Balaban J connectivity index is 2.33. The highest BCUT2D eigenvalue weighted by Gasteiger charge is 2.17. The maximum atomic E-state index is 13.3. The third kappa shape index (κ3) is 2.94. The lowest BCUT2D eigenvalue weighted by Gasteiger charge is -2.19. The zero-order valence-electron chi connectivity index (χ0n) is 10.6.